The van der Waals surface area contributed by atoms with Crippen LogP contribution in [0, 0.1) is 0 Å². The molecular weight excluding hydrogens is 242 g/mol. The molecule has 17 heavy (non-hydrogen) atoms. The van der Waals surface area contributed by atoms with Crippen molar-refractivity contribution in [3.8, 4) is 5.75 Å². The lowest BCUT2D eigenvalue weighted by Crippen LogP contribution is -2.55. The van der Waals surface area contributed by atoms with Crippen LogP contribution in [0.5, 0.6) is 5.75 Å². The van der Waals surface area contributed by atoms with Gasteiger partial charge in [-0.2, -0.15) is 0 Å². The molecule has 0 radical (unpaired) electrons. The lowest BCUT2D eigenvalue weighted by atomic mass is 9.97. The number of fused-ring (bicyclic) bond motifs is 3. The Morgan fingerprint density at radius 3 is 2.94 bits per heavy atom. The van der Waals surface area contributed by atoms with E-state index in [2.05, 4.69) is 14.9 Å². The molecule has 0 aromatic carbocycles. The molecule has 2 bridgehead atoms. The number of halogens is 1. The van der Waals surface area contributed by atoms with Gasteiger partial charge in [0.1, 0.15) is 6.33 Å². The number of anilines is 1. The summed E-state index contributed by atoms with van der Waals surface area (Å²) in [7, 11) is 1.59. The molecule has 3 aliphatic heterocycles. The number of morpholine rings is 1. The fraction of sp³-hybridized carbons (Fsp3) is 0.636. The summed E-state index contributed by atoms with van der Waals surface area (Å²) >= 11 is 6.02. The third-order valence-corrected chi connectivity index (χ3v) is 3.67. The van der Waals surface area contributed by atoms with Crippen LogP contribution in [0.3, 0.4) is 0 Å². The number of hydrogen-bond acceptors (Lipinski definition) is 5. The third-order valence-electron chi connectivity index (χ3n) is 3.41. The van der Waals surface area contributed by atoms with Gasteiger partial charge in [-0.15, -0.1) is 0 Å². The Morgan fingerprint density at radius 2 is 2.35 bits per heavy atom. The second kappa shape index (κ2) is 4.31. The number of hydrogen-bond donors (Lipinski definition) is 0. The van der Waals surface area contributed by atoms with Crippen LogP contribution in [-0.2, 0) is 4.74 Å². The Hall–Kier alpha value is -1.07. The van der Waals surface area contributed by atoms with E-state index in [-0.39, 0.29) is 0 Å². The summed E-state index contributed by atoms with van der Waals surface area (Å²) in [6.45, 7) is 1.61. The van der Waals surface area contributed by atoms with Crippen LogP contribution in [0.1, 0.15) is 12.8 Å². The van der Waals surface area contributed by atoms with Crippen LogP contribution in [-0.4, -0.2) is 42.4 Å². The van der Waals surface area contributed by atoms with Crippen molar-refractivity contribution in [2.24, 2.45) is 0 Å². The molecule has 0 N–H and O–H groups in total. The first kappa shape index (κ1) is 11.0. The van der Waals surface area contributed by atoms with E-state index < -0.39 is 0 Å². The maximum absolute atomic E-state index is 6.02. The normalized spacial score (nSPS) is 27.3. The van der Waals surface area contributed by atoms with Crippen LogP contribution in [0.15, 0.2) is 6.33 Å². The Morgan fingerprint density at radius 1 is 1.47 bits per heavy atom. The lowest BCUT2D eigenvalue weighted by Gasteiger charge is -2.45. The molecule has 5 nitrogen and oxygen atoms in total. The third kappa shape index (κ3) is 1.83. The lowest BCUT2D eigenvalue weighted by molar-refractivity contribution is -0.0230. The van der Waals surface area contributed by atoms with E-state index in [1.807, 2.05) is 0 Å². The zero-order valence-electron chi connectivity index (χ0n) is 9.60. The summed E-state index contributed by atoms with van der Waals surface area (Å²) < 4.78 is 11.0. The molecule has 92 valence electrons. The molecule has 2 atom stereocenters. The maximum Gasteiger partial charge on any atom is 0.199 e. The smallest absolute Gasteiger partial charge is 0.199 e. The van der Waals surface area contributed by atoms with Crippen molar-refractivity contribution in [3.05, 3.63) is 11.5 Å². The zero-order chi connectivity index (χ0) is 11.8. The SMILES string of the molecule is COc1c(Cl)ncnc1N1CC2CCC1CO2. The summed E-state index contributed by atoms with van der Waals surface area (Å²) in [5.74, 6) is 1.34. The van der Waals surface area contributed by atoms with E-state index in [4.69, 9.17) is 21.1 Å². The van der Waals surface area contributed by atoms with Gasteiger partial charge in [0.2, 0.25) is 0 Å². The minimum Gasteiger partial charge on any atom is -0.490 e. The highest BCUT2D eigenvalue weighted by Gasteiger charge is 2.36. The van der Waals surface area contributed by atoms with Gasteiger partial charge in [-0.3, -0.25) is 0 Å². The molecule has 6 heteroatoms. The second-order valence-electron chi connectivity index (χ2n) is 4.36. The molecule has 0 amide bonds. The van der Waals surface area contributed by atoms with E-state index >= 15 is 0 Å². The van der Waals surface area contributed by atoms with Gasteiger partial charge in [0, 0.05) is 6.54 Å². The summed E-state index contributed by atoms with van der Waals surface area (Å²) in [6, 6.07) is 0.375. The van der Waals surface area contributed by atoms with Gasteiger partial charge in [0.15, 0.2) is 16.7 Å². The monoisotopic (exact) mass is 255 g/mol. The number of rotatable bonds is 2. The first-order chi connectivity index (χ1) is 8.29. The van der Waals surface area contributed by atoms with Gasteiger partial charge in [-0.25, -0.2) is 9.97 Å². The molecule has 3 fully saturated rings. The van der Waals surface area contributed by atoms with Crippen molar-refractivity contribution in [3.63, 3.8) is 0 Å². The van der Waals surface area contributed by atoms with Crippen molar-refractivity contribution < 1.29 is 9.47 Å². The van der Waals surface area contributed by atoms with E-state index in [9.17, 15) is 0 Å². The standard InChI is InChI=1S/C11H14ClN3O2/c1-16-9-10(12)13-6-14-11(9)15-4-8-3-2-7(15)5-17-8/h6-8H,2-5H2,1H3. The molecule has 3 aliphatic rings. The molecule has 0 spiro atoms. The van der Waals surface area contributed by atoms with Gasteiger partial charge in [0.05, 0.1) is 25.9 Å². The number of piperidine rings is 1. The van der Waals surface area contributed by atoms with Gasteiger partial charge in [-0.1, -0.05) is 11.6 Å². The zero-order valence-corrected chi connectivity index (χ0v) is 10.4. The fourth-order valence-corrected chi connectivity index (χ4v) is 2.74. The highest BCUT2D eigenvalue weighted by molar-refractivity contribution is 6.31. The molecule has 4 heterocycles. The van der Waals surface area contributed by atoms with Gasteiger partial charge >= 0.3 is 0 Å². The largest absolute Gasteiger partial charge is 0.490 e. The summed E-state index contributed by atoms with van der Waals surface area (Å²) in [5.41, 5.74) is 0. The highest BCUT2D eigenvalue weighted by atomic mass is 35.5. The first-order valence-corrected chi connectivity index (χ1v) is 6.10. The minimum absolute atomic E-state index is 0.304. The van der Waals surface area contributed by atoms with Crippen LogP contribution < -0.4 is 9.64 Å². The highest BCUT2D eigenvalue weighted by Crippen LogP contribution is 2.37. The van der Waals surface area contributed by atoms with Crippen molar-refractivity contribution in [2.75, 3.05) is 25.2 Å². The topological polar surface area (TPSA) is 47.5 Å². The van der Waals surface area contributed by atoms with Gasteiger partial charge in [0.25, 0.3) is 0 Å². The van der Waals surface area contributed by atoms with Crippen LogP contribution in [0.25, 0.3) is 0 Å². The number of ether oxygens (including phenoxy) is 2. The van der Waals surface area contributed by atoms with Gasteiger partial charge < -0.3 is 14.4 Å². The average Bonchev–Trinajstić information content (AvgIpc) is 2.39. The molecule has 1 aromatic rings. The van der Waals surface area contributed by atoms with E-state index in [1.165, 1.54) is 6.33 Å². The van der Waals surface area contributed by atoms with Gasteiger partial charge in [-0.05, 0) is 12.8 Å². The van der Waals surface area contributed by atoms with E-state index in [1.54, 1.807) is 7.11 Å². The van der Waals surface area contributed by atoms with Crippen molar-refractivity contribution >= 4 is 17.4 Å². The van der Waals surface area contributed by atoms with Crippen molar-refractivity contribution in [1.82, 2.24) is 9.97 Å². The molecule has 1 aromatic heterocycles. The number of aromatic nitrogens is 2. The summed E-state index contributed by atoms with van der Waals surface area (Å²) in [6.07, 6.45) is 4.04. The van der Waals surface area contributed by atoms with Crippen LogP contribution >= 0.6 is 11.6 Å². The molecule has 4 rings (SSSR count). The Bertz CT molecular complexity index is 421. The Balaban J connectivity index is 1.96. The molecular formula is C11H14ClN3O2. The Labute approximate surface area is 105 Å². The quantitative estimate of drug-likeness (QED) is 0.750. The second-order valence-corrected chi connectivity index (χ2v) is 4.72. The molecule has 2 unspecified atom stereocenters. The van der Waals surface area contributed by atoms with Crippen LogP contribution in [0.4, 0.5) is 5.82 Å². The summed E-state index contributed by atoms with van der Waals surface area (Å²) in [4.78, 5) is 10.5. The molecule has 0 saturated carbocycles. The fourth-order valence-electron chi connectivity index (χ4n) is 2.53. The van der Waals surface area contributed by atoms with Crippen molar-refractivity contribution in [2.45, 2.75) is 25.0 Å². The van der Waals surface area contributed by atoms with E-state index in [0.717, 1.165) is 31.8 Å². The number of methoxy groups -OCH3 is 1. The predicted octanol–water partition coefficient (Wildman–Crippen LogP) is 1.51. The first-order valence-electron chi connectivity index (χ1n) is 5.72. The average molecular weight is 256 g/mol. The van der Waals surface area contributed by atoms with Crippen LogP contribution in [0.2, 0.25) is 5.15 Å². The maximum atomic E-state index is 6.02. The summed E-state index contributed by atoms with van der Waals surface area (Å²) in [5, 5.41) is 0.361. The minimum atomic E-state index is 0.304. The predicted molar refractivity (Wildman–Crippen MR) is 63.7 cm³/mol. The van der Waals surface area contributed by atoms with Crippen molar-refractivity contribution in [1.29, 1.82) is 0 Å². The number of nitrogens with zero attached hydrogens (tertiary/aromatic N) is 3. The Kier molecular flexibility index (Phi) is 2.80. The molecule has 0 aliphatic carbocycles. The molecule has 3 saturated heterocycles. The van der Waals surface area contributed by atoms with E-state index in [0.29, 0.717) is 23.0 Å².